The van der Waals surface area contributed by atoms with Gasteiger partial charge < -0.3 is 5.11 Å². The molecule has 18 heavy (non-hydrogen) atoms. The Morgan fingerprint density at radius 1 is 1.11 bits per heavy atom. The third-order valence-electron chi connectivity index (χ3n) is 4.84. The second-order valence-electron chi connectivity index (χ2n) is 5.68. The standard InChI is InChI=1S/C15H18BrFO/c16-13-9-3-8-12(14(13)17)15(18,10-4-1-5-10)11-6-2-7-11/h3,8-11,18H,1-2,4-7H2. The van der Waals surface area contributed by atoms with Crippen LogP contribution in [0.15, 0.2) is 22.7 Å². The first kappa shape index (κ1) is 12.6. The molecule has 3 rings (SSSR count). The van der Waals surface area contributed by atoms with E-state index in [4.69, 9.17) is 0 Å². The lowest BCUT2D eigenvalue weighted by atomic mass is 9.59. The number of hydrogen-bond acceptors (Lipinski definition) is 1. The minimum absolute atomic E-state index is 0.242. The van der Waals surface area contributed by atoms with Crippen molar-refractivity contribution in [1.82, 2.24) is 0 Å². The van der Waals surface area contributed by atoms with Crippen LogP contribution in [0.5, 0.6) is 0 Å². The first-order chi connectivity index (χ1) is 8.64. The van der Waals surface area contributed by atoms with Gasteiger partial charge in [0.1, 0.15) is 5.82 Å². The van der Waals surface area contributed by atoms with Crippen LogP contribution in [0.25, 0.3) is 0 Å². The van der Waals surface area contributed by atoms with E-state index in [1.54, 1.807) is 12.1 Å². The molecule has 2 saturated carbocycles. The van der Waals surface area contributed by atoms with E-state index in [9.17, 15) is 9.50 Å². The van der Waals surface area contributed by atoms with Gasteiger partial charge >= 0.3 is 0 Å². The van der Waals surface area contributed by atoms with Crippen LogP contribution < -0.4 is 0 Å². The molecule has 0 aromatic heterocycles. The van der Waals surface area contributed by atoms with Crippen LogP contribution >= 0.6 is 15.9 Å². The predicted molar refractivity (Wildman–Crippen MR) is 72.7 cm³/mol. The molecule has 3 heteroatoms. The highest BCUT2D eigenvalue weighted by Gasteiger charge is 2.50. The Morgan fingerprint density at radius 3 is 2.11 bits per heavy atom. The maximum Gasteiger partial charge on any atom is 0.143 e. The monoisotopic (exact) mass is 312 g/mol. The Kier molecular flexibility index (Phi) is 3.23. The van der Waals surface area contributed by atoms with E-state index in [0.717, 1.165) is 38.5 Å². The van der Waals surface area contributed by atoms with E-state index in [0.29, 0.717) is 10.0 Å². The molecule has 0 heterocycles. The zero-order valence-corrected chi connectivity index (χ0v) is 11.9. The highest BCUT2D eigenvalue weighted by molar-refractivity contribution is 9.10. The maximum absolute atomic E-state index is 14.3. The Balaban J connectivity index is 2.04. The van der Waals surface area contributed by atoms with Gasteiger partial charge in [0, 0.05) is 5.56 Å². The summed E-state index contributed by atoms with van der Waals surface area (Å²) in [5, 5.41) is 11.2. The van der Waals surface area contributed by atoms with Crippen molar-refractivity contribution in [2.45, 2.75) is 44.1 Å². The summed E-state index contributed by atoms with van der Waals surface area (Å²) in [6.07, 6.45) is 6.43. The van der Waals surface area contributed by atoms with Crippen molar-refractivity contribution in [2.24, 2.45) is 11.8 Å². The lowest BCUT2D eigenvalue weighted by molar-refractivity contribution is -0.128. The molecule has 1 aromatic rings. The third-order valence-corrected chi connectivity index (χ3v) is 5.45. The van der Waals surface area contributed by atoms with Crippen LogP contribution in [0.1, 0.15) is 44.1 Å². The summed E-state index contributed by atoms with van der Waals surface area (Å²) in [6.45, 7) is 0. The summed E-state index contributed by atoms with van der Waals surface area (Å²) >= 11 is 3.23. The Hall–Kier alpha value is -0.410. The van der Waals surface area contributed by atoms with Gasteiger partial charge in [0.15, 0.2) is 0 Å². The van der Waals surface area contributed by atoms with Gasteiger partial charge in [0.25, 0.3) is 0 Å². The summed E-state index contributed by atoms with van der Waals surface area (Å²) in [5.74, 6) is 0.206. The lowest BCUT2D eigenvalue weighted by Gasteiger charge is -2.50. The van der Waals surface area contributed by atoms with Crippen LogP contribution in [0.3, 0.4) is 0 Å². The summed E-state index contributed by atoms with van der Waals surface area (Å²) in [5.41, 5.74) is -0.434. The zero-order valence-electron chi connectivity index (χ0n) is 10.3. The van der Waals surface area contributed by atoms with Gasteiger partial charge in [-0.15, -0.1) is 0 Å². The summed E-state index contributed by atoms with van der Waals surface area (Å²) in [4.78, 5) is 0. The first-order valence-electron chi connectivity index (χ1n) is 6.81. The van der Waals surface area contributed by atoms with E-state index in [2.05, 4.69) is 15.9 Å². The van der Waals surface area contributed by atoms with Crippen LogP contribution in [0, 0.1) is 17.7 Å². The van der Waals surface area contributed by atoms with Crippen LogP contribution in [-0.4, -0.2) is 5.11 Å². The quantitative estimate of drug-likeness (QED) is 0.878. The maximum atomic E-state index is 14.3. The molecule has 0 amide bonds. The van der Waals surface area contributed by atoms with Gasteiger partial charge in [-0.1, -0.05) is 25.0 Å². The molecule has 0 saturated heterocycles. The smallest absolute Gasteiger partial charge is 0.143 e. The highest BCUT2D eigenvalue weighted by Crippen LogP contribution is 2.53. The van der Waals surface area contributed by atoms with Crippen LogP contribution in [0.2, 0.25) is 0 Å². The van der Waals surface area contributed by atoms with Gasteiger partial charge in [-0.2, -0.15) is 0 Å². The molecular formula is C15H18BrFO. The topological polar surface area (TPSA) is 20.2 Å². The third kappa shape index (κ3) is 1.75. The molecule has 0 radical (unpaired) electrons. The number of halogens is 2. The average Bonchev–Trinajstić information content (AvgIpc) is 2.16. The van der Waals surface area contributed by atoms with Gasteiger partial charge in [0.05, 0.1) is 10.1 Å². The molecular weight excluding hydrogens is 295 g/mol. The van der Waals surface area contributed by atoms with Crippen molar-refractivity contribution in [1.29, 1.82) is 0 Å². The lowest BCUT2D eigenvalue weighted by Crippen LogP contribution is -2.48. The molecule has 2 fully saturated rings. The minimum Gasteiger partial charge on any atom is -0.384 e. The molecule has 98 valence electrons. The summed E-state index contributed by atoms with van der Waals surface area (Å²) in [6, 6.07) is 5.28. The van der Waals surface area contributed by atoms with Crippen LogP contribution in [0.4, 0.5) is 4.39 Å². The van der Waals surface area contributed by atoms with Crippen LogP contribution in [-0.2, 0) is 5.60 Å². The van der Waals surface area contributed by atoms with E-state index in [1.165, 1.54) is 0 Å². The van der Waals surface area contributed by atoms with Crippen molar-refractivity contribution in [2.75, 3.05) is 0 Å². The highest BCUT2D eigenvalue weighted by atomic mass is 79.9. The normalized spacial score (nSPS) is 21.5. The number of benzene rings is 1. The zero-order chi connectivity index (χ0) is 12.8. The molecule has 1 N–H and O–H groups in total. The van der Waals surface area contributed by atoms with Crippen molar-refractivity contribution in [3.63, 3.8) is 0 Å². The average molecular weight is 313 g/mol. The predicted octanol–water partition coefficient (Wildman–Crippen LogP) is 4.38. The number of hydrogen-bond donors (Lipinski definition) is 1. The molecule has 2 aliphatic carbocycles. The van der Waals surface area contributed by atoms with Crippen molar-refractivity contribution >= 4 is 15.9 Å². The SMILES string of the molecule is OC(c1cccc(Br)c1F)(C1CCC1)C1CCC1. The summed E-state index contributed by atoms with van der Waals surface area (Å²) < 4.78 is 14.8. The number of rotatable bonds is 3. The first-order valence-corrected chi connectivity index (χ1v) is 7.60. The molecule has 0 atom stereocenters. The Morgan fingerprint density at radius 2 is 1.67 bits per heavy atom. The molecule has 0 spiro atoms. The summed E-state index contributed by atoms with van der Waals surface area (Å²) in [7, 11) is 0. The van der Waals surface area contributed by atoms with Crippen molar-refractivity contribution in [3.05, 3.63) is 34.1 Å². The fraction of sp³-hybridized carbons (Fsp3) is 0.600. The van der Waals surface area contributed by atoms with E-state index >= 15 is 0 Å². The van der Waals surface area contributed by atoms with E-state index < -0.39 is 5.60 Å². The largest absolute Gasteiger partial charge is 0.384 e. The molecule has 0 unspecified atom stereocenters. The fourth-order valence-corrected chi connectivity index (χ4v) is 3.65. The molecule has 2 aliphatic rings. The molecule has 1 aromatic carbocycles. The van der Waals surface area contributed by atoms with E-state index in [-0.39, 0.29) is 17.7 Å². The minimum atomic E-state index is -0.940. The van der Waals surface area contributed by atoms with Gasteiger partial charge in [-0.25, -0.2) is 4.39 Å². The van der Waals surface area contributed by atoms with Crippen molar-refractivity contribution < 1.29 is 9.50 Å². The second kappa shape index (κ2) is 4.61. The number of aliphatic hydroxyl groups is 1. The Bertz CT molecular complexity index is 438. The van der Waals surface area contributed by atoms with Gasteiger partial charge in [-0.05, 0) is 59.5 Å². The van der Waals surface area contributed by atoms with Gasteiger partial charge in [0.2, 0.25) is 0 Å². The van der Waals surface area contributed by atoms with E-state index in [1.807, 2.05) is 6.07 Å². The molecule has 0 aliphatic heterocycles. The fourth-order valence-electron chi connectivity index (χ4n) is 3.28. The van der Waals surface area contributed by atoms with Crippen molar-refractivity contribution in [3.8, 4) is 0 Å². The second-order valence-corrected chi connectivity index (χ2v) is 6.54. The molecule has 0 bridgehead atoms. The Labute approximate surface area is 116 Å². The molecule has 1 nitrogen and oxygen atoms in total. The van der Waals surface area contributed by atoms with Gasteiger partial charge in [-0.3, -0.25) is 0 Å².